The Morgan fingerprint density at radius 2 is 2.43 bits per heavy atom. The minimum atomic E-state index is 0.948. The number of hydrazine groups is 1. The van der Waals surface area contributed by atoms with Crippen molar-refractivity contribution in [1.29, 1.82) is 0 Å². The zero-order valence-electron chi connectivity index (χ0n) is 7.67. The molecule has 0 amide bonds. The number of hydrogen-bond acceptors (Lipinski definition) is 3. The van der Waals surface area contributed by atoms with E-state index in [4.69, 9.17) is 0 Å². The lowest BCUT2D eigenvalue weighted by atomic mass is 10.1. The van der Waals surface area contributed by atoms with Gasteiger partial charge in [0.15, 0.2) is 0 Å². The Labute approximate surface area is 82.1 Å². The van der Waals surface area contributed by atoms with Crippen LogP contribution in [0.3, 0.4) is 0 Å². The van der Waals surface area contributed by atoms with Gasteiger partial charge < -0.3 is 5.43 Å². The van der Waals surface area contributed by atoms with E-state index >= 15 is 0 Å². The van der Waals surface area contributed by atoms with E-state index in [1.807, 2.05) is 18.2 Å². The van der Waals surface area contributed by atoms with Gasteiger partial charge >= 0.3 is 0 Å². The minimum absolute atomic E-state index is 0.948. The highest BCUT2D eigenvalue weighted by atomic mass is 15.4. The molecule has 2 aromatic rings. The molecule has 0 saturated carbocycles. The summed E-state index contributed by atoms with van der Waals surface area (Å²) in [7, 11) is 0. The van der Waals surface area contributed by atoms with Crippen molar-refractivity contribution in [3.05, 3.63) is 35.9 Å². The van der Waals surface area contributed by atoms with Crippen LogP contribution >= 0.6 is 0 Å². The van der Waals surface area contributed by atoms with E-state index in [1.165, 1.54) is 10.9 Å². The van der Waals surface area contributed by atoms with Crippen molar-refractivity contribution in [3.8, 4) is 0 Å². The molecule has 1 aromatic heterocycles. The molecule has 1 aliphatic heterocycles. The number of aromatic nitrogens is 1. The summed E-state index contributed by atoms with van der Waals surface area (Å²) in [5.74, 6) is 0.948. The second-order valence-corrected chi connectivity index (χ2v) is 3.42. The average molecular weight is 184 g/mol. The molecule has 0 spiro atoms. The first kappa shape index (κ1) is 7.76. The zero-order chi connectivity index (χ0) is 9.38. The van der Waals surface area contributed by atoms with Crippen molar-refractivity contribution in [1.82, 2.24) is 10.4 Å². The van der Waals surface area contributed by atoms with Crippen LogP contribution in [0.5, 0.6) is 0 Å². The summed E-state index contributed by atoms with van der Waals surface area (Å²) in [5, 5.41) is 1.19. The van der Waals surface area contributed by atoms with E-state index in [2.05, 4.69) is 28.0 Å². The van der Waals surface area contributed by atoms with Gasteiger partial charge in [-0.3, -0.25) is 0 Å². The van der Waals surface area contributed by atoms with Gasteiger partial charge in [0, 0.05) is 11.9 Å². The molecule has 1 radical (unpaired) electrons. The van der Waals surface area contributed by atoms with Gasteiger partial charge in [0.2, 0.25) is 0 Å². The molecule has 0 aliphatic carbocycles. The normalized spacial score (nSPS) is 14.9. The number of fused-ring (bicyclic) bond motifs is 2. The van der Waals surface area contributed by atoms with Gasteiger partial charge in [-0.15, -0.1) is 0 Å². The Bertz CT molecular complexity index is 434. The number of hydrogen-bond donors (Lipinski definition) is 2. The smallest absolute Gasteiger partial charge is 0.144 e. The summed E-state index contributed by atoms with van der Waals surface area (Å²) in [5.41, 5.74) is 8.43. The highest BCUT2D eigenvalue weighted by Gasteiger charge is 2.09. The molecular formula is C11H10N3. The number of benzene rings is 1. The van der Waals surface area contributed by atoms with Crippen molar-refractivity contribution in [2.45, 2.75) is 6.42 Å². The molecule has 0 saturated heterocycles. The lowest BCUT2D eigenvalue weighted by molar-refractivity contribution is 0.739. The summed E-state index contributed by atoms with van der Waals surface area (Å²) in [6.07, 6.45) is 1.03. The van der Waals surface area contributed by atoms with E-state index in [-0.39, 0.29) is 0 Å². The Hall–Kier alpha value is -1.61. The van der Waals surface area contributed by atoms with Gasteiger partial charge in [-0.05, 0) is 30.2 Å². The molecule has 3 rings (SSSR count). The summed E-state index contributed by atoms with van der Waals surface area (Å²) >= 11 is 0. The third kappa shape index (κ3) is 1.14. The molecule has 0 unspecified atom stereocenters. The van der Waals surface area contributed by atoms with Crippen LogP contribution in [0.15, 0.2) is 24.3 Å². The summed E-state index contributed by atoms with van der Waals surface area (Å²) in [6, 6.07) is 11.1. The monoisotopic (exact) mass is 184 g/mol. The molecule has 0 atom stereocenters. The first-order valence-electron chi connectivity index (χ1n) is 4.72. The third-order valence-electron chi connectivity index (χ3n) is 2.47. The van der Waals surface area contributed by atoms with Crippen LogP contribution in [-0.2, 0) is 6.42 Å². The molecule has 2 N–H and O–H groups in total. The molecule has 2 heterocycles. The van der Waals surface area contributed by atoms with Gasteiger partial charge in [0.25, 0.3) is 0 Å². The number of pyridine rings is 1. The standard InChI is InChI=1S/C11H10N3/c1-2-4-10-8(3-1)7-9-5-6-12-14-11(9)13-10/h1,3-4,7,12H,5-6H2,(H,13,14). The molecule has 0 bridgehead atoms. The van der Waals surface area contributed by atoms with Crippen LogP contribution in [0, 0.1) is 6.07 Å². The number of rotatable bonds is 0. The summed E-state index contributed by atoms with van der Waals surface area (Å²) in [6.45, 7) is 0.957. The second kappa shape index (κ2) is 2.96. The topological polar surface area (TPSA) is 37.0 Å². The molecule has 69 valence electrons. The third-order valence-corrected chi connectivity index (χ3v) is 2.47. The maximum atomic E-state index is 4.51. The Kier molecular flexibility index (Phi) is 1.64. The van der Waals surface area contributed by atoms with Crippen LogP contribution in [0.25, 0.3) is 10.9 Å². The van der Waals surface area contributed by atoms with E-state index in [0.29, 0.717) is 0 Å². The SMILES string of the molecule is [c]1ccc2cc3c(nc2c1)NNCC3. The molecule has 0 fully saturated rings. The quantitative estimate of drug-likeness (QED) is 0.651. The van der Waals surface area contributed by atoms with Crippen molar-refractivity contribution in [2.75, 3.05) is 12.0 Å². The fraction of sp³-hybridized carbons (Fsp3) is 0.182. The number of nitrogens with one attached hydrogen (secondary N) is 2. The Morgan fingerprint density at radius 1 is 1.43 bits per heavy atom. The molecular weight excluding hydrogens is 174 g/mol. The fourth-order valence-electron chi connectivity index (χ4n) is 1.74. The summed E-state index contributed by atoms with van der Waals surface area (Å²) < 4.78 is 0. The van der Waals surface area contributed by atoms with Gasteiger partial charge in [-0.2, -0.15) is 0 Å². The zero-order valence-corrected chi connectivity index (χ0v) is 7.67. The maximum absolute atomic E-state index is 4.51. The van der Waals surface area contributed by atoms with Crippen LogP contribution in [0.2, 0.25) is 0 Å². The fourth-order valence-corrected chi connectivity index (χ4v) is 1.74. The molecule has 14 heavy (non-hydrogen) atoms. The predicted octanol–water partition coefficient (Wildman–Crippen LogP) is 1.51. The number of anilines is 1. The van der Waals surface area contributed by atoms with Crippen LogP contribution in [0.1, 0.15) is 5.56 Å². The molecule has 3 heteroatoms. The molecule has 3 nitrogen and oxygen atoms in total. The van der Waals surface area contributed by atoms with E-state index in [0.717, 1.165) is 24.3 Å². The lowest BCUT2D eigenvalue weighted by Crippen LogP contribution is -2.30. The lowest BCUT2D eigenvalue weighted by Gasteiger charge is -2.18. The maximum Gasteiger partial charge on any atom is 0.144 e. The first-order valence-corrected chi connectivity index (χ1v) is 4.72. The largest absolute Gasteiger partial charge is 0.306 e. The second-order valence-electron chi connectivity index (χ2n) is 3.42. The Balaban J connectivity index is 2.27. The summed E-state index contributed by atoms with van der Waals surface area (Å²) in [4.78, 5) is 4.51. The van der Waals surface area contributed by atoms with E-state index in [9.17, 15) is 0 Å². The molecule has 1 aromatic carbocycles. The van der Waals surface area contributed by atoms with Crippen LogP contribution < -0.4 is 10.9 Å². The van der Waals surface area contributed by atoms with E-state index < -0.39 is 0 Å². The van der Waals surface area contributed by atoms with Crippen molar-refractivity contribution in [2.24, 2.45) is 0 Å². The van der Waals surface area contributed by atoms with Gasteiger partial charge in [0.1, 0.15) is 5.82 Å². The Morgan fingerprint density at radius 3 is 3.43 bits per heavy atom. The average Bonchev–Trinajstić information content (AvgIpc) is 2.26. The van der Waals surface area contributed by atoms with Crippen molar-refractivity contribution >= 4 is 16.7 Å². The van der Waals surface area contributed by atoms with E-state index in [1.54, 1.807) is 0 Å². The highest BCUT2D eigenvalue weighted by Crippen LogP contribution is 2.21. The highest BCUT2D eigenvalue weighted by molar-refractivity contribution is 5.81. The van der Waals surface area contributed by atoms with Gasteiger partial charge in [-0.1, -0.05) is 12.1 Å². The van der Waals surface area contributed by atoms with Crippen molar-refractivity contribution in [3.63, 3.8) is 0 Å². The van der Waals surface area contributed by atoms with Gasteiger partial charge in [0.05, 0.1) is 5.52 Å². The molecule has 1 aliphatic rings. The minimum Gasteiger partial charge on any atom is -0.306 e. The van der Waals surface area contributed by atoms with Crippen LogP contribution in [0.4, 0.5) is 5.82 Å². The predicted molar refractivity (Wildman–Crippen MR) is 55.9 cm³/mol. The van der Waals surface area contributed by atoms with Crippen LogP contribution in [-0.4, -0.2) is 11.5 Å². The first-order chi connectivity index (χ1) is 6.93. The number of nitrogens with zero attached hydrogens (tertiary/aromatic N) is 1. The van der Waals surface area contributed by atoms with Gasteiger partial charge in [-0.25, -0.2) is 10.4 Å². The van der Waals surface area contributed by atoms with Crippen molar-refractivity contribution < 1.29 is 0 Å².